The molecule has 0 radical (unpaired) electrons. The monoisotopic (exact) mass is 408 g/mol. The van der Waals surface area contributed by atoms with Gasteiger partial charge in [-0.15, -0.1) is 0 Å². The van der Waals surface area contributed by atoms with Crippen molar-refractivity contribution in [3.8, 4) is 0 Å². The Balaban J connectivity index is 1.68. The smallest absolute Gasteiger partial charge is 0.410 e. The van der Waals surface area contributed by atoms with E-state index in [-0.39, 0.29) is 6.09 Å². The summed E-state index contributed by atoms with van der Waals surface area (Å²) in [5, 5.41) is 1.23. The number of hydrogen-bond acceptors (Lipinski definition) is 3. The van der Waals surface area contributed by atoms with Gasteiger partial charge in [0.1, 0.15) is 5.60 Å². The van der Waals surface area contributed by atoms with Gasteiger partial charge in [-0.3, -0.25) is 0 Å². The first-order valence-electron chi connectivity index (χ1n) is 10.0. The molecule has 4 nitrogen and oxygen atoms in total. The van der Waals surface area contributed by atoms with Crippen molar-refractivity contribution in [2.45, 2.75) is 56.1 Å². The van der Waals surface area contributed by atoms with E-state index in [4.69, 9.17) is 4.74 Å². The Bertz CT molecular complexity index is 1060. The number of para-hydroxylation sites is 1. The van der Waals surface area contributed by atoms with Crippen LogP contribution in [0.5, 0.6) is 0 Å². The Kier molecular flexibility index (Phi) is 5.11. The molecule has 3 aromatic rings. The van der Waals surface area contributed by atoms with E-state index in [2.05, 4.69) is 61.0 Å². The normalized spacial score (nSPS) is 14.2. The van der Waals surface area contributed by atoms with Gasteiger partial charge in [0.05, 0.1) is 12.1 Å². The Hall–Kier alpha value is -2.40. The number of benzene rings is 2. The molecule has 0 bridgehead atoms. The van der Waals surface area contributed by atoms with Gasteiger partial charge in [0.2, 0.25) is 0 Å². The zero-order valence-electron chi connectivity index (χ0n) is 17.8. The summed E-state index contributed by atoms with van der Waals surface area (Å²) >= 11 is 1.79. The number of nitrogens with zero attached hydrogens (tertiary/aromatic N) is 2. The summed E-state index contributed by atoms with van der Waals surface area (Å²) in [6, 6.07) is 15.1. The molecule has 29 heavy (non-hydrogen) atoms. The maximum absolute atomic E-state index is 12.6. The molecule has 5 heteroatoms. The molecule has 2 aromatic carbocycles. The number of aryl methyl sites for hydroxylation is 2. The van der Waals surface area contributed by atoms with Crippen molar-refractivity contribution in [1.29, 1.82) is 0 Å². The first-order valence-corrected chi connectivity index (χ1v) is 10.9. The molecule has 0 unspecified atom stereocenters. The average Bonchev–Trinajstić information content (AvgIpc) is 2.95. The predicted octanol–water partition coefficient (Wildman–Crippen LogP) is 5.93. The standard InChI is InChI=1S/C24H28N2O2S/c1-16-9-11-17(12-10-16)29-21-8-6-7-18-19-15-26(23(27)28-24(2,3)4)14-13-20(19)25(5)22(18)21/h6-12H,13-15H2,1-5H3. The van der Waals surface area contributed by atoms with Gasteiger partial charge in [-0.2, -0.15) is 0 Å². The third-order valence-electron chi connectivity index (χ3n) is 5.28. The van der Waals surface area contributed by atoms with Gasteiger partial charge in [0.15, 0.2) is 0 Å². The lowest BCUT2D eigenvalue weighted by Gasteiger charge is -2.30. The summed E-state index contributed by atoms with van der Waals surface area (Å²) in [6.45, 7) is 9.12. The number of aromatic nitrogens is 1. The summed E-state index contributed by atoms with van der Waals surface area (Å²) in [6.07, 6.45) is 0.610. The second kappa shape index (κ2) is 7.45. The van der Waals surface area contributed by atoms with Crippen molar-refractivity contribution >= 4 is 28.8 Å². The molecular formula is C24H28N2O2S. The average molecular weight is 409 g/mol. The van der Waals surface area contributed by atoms with Crippen LogP contribution in [0, 0.1) is 6.92 Å². The summed E-state index contributed by atoms with van der Waals surface area (Å²) in [5.74, 6) is 0. The van der Waals surface area contributed by atoms with Crippen LogP contribution < -0.4 is 0 Å². The molecular weight excluding hydrogens is 380 g/mol. The highest BCUT2D eigenvalue weighted by molar-refractivity contribution is 7.99. The number of amides is 1. The van der Waals surface area contributed by atoms with Crippen molar-refractivity contribution in [3.63, 3.8) is 0 Å². The summed E-state index contributed by atoms with van der Waals surface area (Å²) in [5.41, 5.74) is 4.59. The van der Waals surface area contributed by atoms with Crippen molar-refractivity contribution < 1.29 is 9.53 Å². The highest BCUT2D eigenvalue weighted by Crippen LogP contribution is 2.38. The van der Waals surface area contributed by atoms with Crippen LogP contribution in [-0.4, -0.2) is 27.7 Å². The van der Waals surface area contributed by atoms with E-state index >= 15 is 0 Å². The number of ether oxygens (including phenoxy) is 1. The van der Waals surface area contributed by atoms with Crippen LogP contribution in [-0.2, 0) is 24.8 Å². The van der Waals surface area contributed by atoms with Crippen LogP contribution in [0.3, 0.4) is 0 Å². The largest absolute Gasteiger partial charge is 0.444 e. The van der Waals surface area contributed by atoms with Crippen LogP contribution in [0.25, 0.3) is 10.9 Å². The van der Waals surface area contributed by atoms with Crippen LogP contribution in [0.4, 0.5) is 4.79 Å². The van der Waals surface area contributed by atoms with E-state index < -0.39 is 5.60 Å². The minimum atomic E-state index is -0.478. The fourth-order valence-corrected chi connectivity index (χ4v) is 4.92. The van der Waals surface area contributed by atoms with E-state index in [1.165, 1.54) is 37.5 Å². The molecule has 1 aromatic heterocycles. The van der Waals surface area contributed by atoms with Crippen LogP contribution in [0.2, 0.25) is 0 Å². The van der Waals surface area contributed by atoms with E-state index in [0.29, 0.717) is 13.1 Å². The van der Waals surface area contributed by atoms with Crippen molar-refractivity contribution in [1.82, 2.24) is 9.47 Å². The highest BCUT2D eigenvalue weighted by atomic mass is 32.2. The zero-order valence-corrected chi connectivity index (χ0v) is 18.6. The Morgan fingerprint density at radius 2 is 1.83 bits per heavy atom. The lowest BCUT2D eigenvalue weighted by molar-refractivity contribution is 0.0223. The lowest BCUT2D eigenvalue weighted by atomic mass is 10.0. The SMILES string of the molecule is Cc1ccc(Sc2cccc3c4c(n(C)c23)CCN(C(=O)OC(C)(C)C)C4)cc1. The van der Waals surface area contributed by atoms with E-state index in [0.717, 1.165) is 6.42 Å². The van der Waals surface area contributed by atoms with Gasteiger partial charge in [0.25, 0.3) is 0 Å². The van der Waals surface area contributed by atoms with E-state index in [1.54, 1.807) is 11.8 Å². The minimum Gasteiger partial charge on any atom is -0.444 e. The van der Waals surface area contributed by atoms with Gasteiger partial charge in [-0.25, -0.2) is 4.79 Å². The maximum atomic E-state index is 12.6. The number of hydrogen-bond donors (Lipinski definition) is 0. The second-order valence-electron chi connectivity index (χ2n) is 8.70. The molecule has 0 N–H and O–H groups in total. The van der Waals surface area contributed by atoms with E-state index in [9.17, 15) is 4.79 Å². The van der Waals surface area contributed by atoms with Crippen LogP contribution in [0.1, 0.15) is 37.6 Å². The van der Waals surface area contributed by atoms with Crippen LogP contribution >= 0.6 is 11.8 Å². The molecule has 0 saturated heterocycles. The first kappa shape index (κ1) is 19.9. The molecule has 4 rings (SSSR count). The van der Waals surface area contributed by atoms with Gasteiger partial charge < -0.3 is 14.2 Å². The number of carbonyl (C=O) groups excluding carboxylic acids is 1. The fraction of sp³-hybridized carbons (Fsp3) is 0.375. The summed E-state index contributed by atoms with van der Waals surface area (Å²) in [4.78, 5) is 16.9. The summed E-state index contributed by atoms with van der Waals surface area (Å²) < 4.78 is 7.91. The molecule has 0 aliphatic carbocycles. The van der Waals surface area contributed by atoms with Crippen LogP contribution in [0.15, 0.2) is 52.3 Å². The zero-order chi connectivity index (χ0) is 20.8. The van der Waals surface area contributed by atoms with Crippen molar-refractivity contribution in [3.05, 3.63) is 59.3 Å². The topological polar surface area (TPSA) is 34.5 Å². The molecule has 1 amide bonds. The van der Waals surface area contributed by atoms with Gasteiger partial charge in [0, 0.05) is 46.4 Å². The van der Waals surface area contributed by atoms with Crippen molar-refractivity contribution in [2.24, 2.45) is 7.05 Å². The third kappa shape index (κ3) is 4.01. The predicted molar refractivity (Wildman–Crippen MR) is 119 cm³/mol. The Labute approximate surface area is 176 Å². The number of fused-ring (bicyclic) bond motifs is 3. The van der Waals surface area contributed by atoms with Gasteiger partial charge in [-0.1, -0.05) is 41.6 Å². The number of carbonyl (C=O) groups is 1. The van der Waals surface area contributed by atoms with Gasteiger partial charge >= 0.3 is 6.09 Å². The third-order valence-corrected chi connectivity index (χ3v) is 6.34. The molecule has 1 aliphatic rings. The Morgan fingerprint density at radius 3 is 2.52 bits per heavy atom. The minimum absolute atomic E-state index is 0.231. The molecule has 152 valence electrons. The molecule has 0 saturated carbocycles. The first-order chi connectivity index (χ1) is 13.7. The van der Waals surface area contributed by atoms with E-state index in [1.807, 2.05) is 25.7 Å². The highest BCUT2D eigenvalue weighted by Gasteiger charge is 2.29. The van der Waals surface area contributed by atoms with Crippen molar-refractivity contribution in [2.75, 3.05) is 6.54 Å². The fourth-order valence-electron chi connectivity index (χ4n) is 3.91. The molecule has 0 spiro atoms. The maximum Gasteiger partial charge on any atom is 0.410 e. The Morgan fingerprint density at radius 1 is 1.10 bits per heavy atom. The molecule has 0 fully saturated rings. The second-order valence-corrected chi connectivity index (χ2v) is 9.82. The molecule has 2 heterocycles. The van der Waals surface area contributed by atoms with Gasteiger partial charge in [-0.05, 0) is 45.9 Å². The number of rotatable bonds is 2. The lowest BCUT2D eigenvalue weighted by Crippen LogP contribution is -2.40. The summed E-state index contributed by atoms with van der Waals surface area (Å²) in [7, 11) is 2.14. The quantitative estimate of drug-likeness (QED) is 0.527. The molecule has 0 atom stereocenters. The molecule has 1 aliphatic heterocycles.